The van der Waals surface area contributed by atoms with Crippen molar-refractivity contribution < 1.29 is 9.84 Å². The second-order valence-corrected chi connectivity index (χ2v) is 3.66. The van der Waals surface area contributed by atoms with E-state index in [0.29, 0.717) is 5.88 Å². The third-order valence-electron chi connectivity index (χ3n) is 2.45. The van der Waals surface area contributed by atoms with Crippen molar-refractivity contribution in [2.75, 3.05) is 19.0 Å². The third-order valence-corrected chi connectivity index (χ3v) is 2.45. The predicted molar refractivity (Wildman–Crippen MR) is 60.1 cm³/mol. The molecule has 0 bridgehead atoms. The zero-order valence-corrected chi connectivity index (χ0v) is 9.40. The number of aliphatic hydroxyl groups excluding tert-OH is 1. The van der Waals surface area contributed by atoms with E-state index >= 15 is 0 Å². The number of ether oxygens (including phenoxy) is 1. The zero-order valence-electron chi connectivity index (χ0n) is 9.40. The second kappa shape index (κ2) is 5.56. The van der Waals surface area contributed by atoms with Crippen molar-refractivity contribution in [2.45, 2.75) is 19.9 Å². The summed E-state index contributed by atoms with van der Waals surface area (Å²) in [7, 11) is 1.59. The van der Waals surface area contributed by atoms with Crippen LogP contribution in [0.3, 0.4) is 0 Å². The maximum Gasteiger partial charge on any atom is 0.214 e. The van der Waals surface area contributed by atoms with Crippen LogP contribution in [-0.2, 0) is 0 Å². The van der Waals surface area contributed by atoms with Gasteiger partial charge in [0.2, 0.25) is 5.88 Å². The van der Waals surface area contributed by atoms with Crippen LogP contribution in [0.1, 0.15) is 13.8 Å². The smallest absolute Gasteiger partial charge is 0.214 e. The number of hydrogen-bond donors (Lipinski definition) is 2. The molecule has 1 aromatic rings. The van der Waals surface area contributed by atoms with Crippen molar-refractivity contribution in [3.05, 3.63) is 18.2 Å². The van der Waals surface area contributed by atoms with E-state index in [-0.39, 0.29) is 18.6 Å². The zero-order chi connectivity index (χ0) is 11.3. The van der Waals surface area contributed by atoms with E-state index in [2.05, 4.69) is 10.3 Å². The number of aliphatic hydroxyl groups is 1. The Bertz CT molecular complexity index is 304. The summed E-state index contributed by atoms with van der Waals surface area (Å²) in [6.07, 6.45) is 0. The highest BCUT2D eigenvalue weighted by Gasteiger charge is 2.11. The Labute approximate surface area is 90.3 Å². The summed E-state index contributed by atoms with van der Waals surface area (Å²) < 4.78 is 5.02. The third kappa shape index (κ3) is 3.40. The molecular formula is C11H18N2O2. The van der Waals surface area contributed by atoms with Gasteiger partial charge in [0.1, 0.15) is 5.82 Å². The van der Waals surface area contributed by atoms with E-state index in [0.717, 1.165) is 5.82 Å². The molecule has 2 unspecified atom stereocenters. The van der Waals surface area contributed by atoms with Gasteiger partial charge in [0.05, 0.1) is 7.11 Å². The van der Waals surface area contributed by atoms with Gasteiger partial charge in [-0.1, -0.05) is 13.0 Å². The van der Waals surface area contributed by atoms with E-state index in [9.17, 15) is 0 Å². The van der Waals surface area contributed by atoms with Gasteiger partial charge in [-0.05, 0) is 18.9 Å². The van der Waals surface area contributed by atoms with Crippen LogP contribution in [0.5, 0.6) is 5.88 Å². The molecule has 0 aliphatic rings. The highest BCUT2D eigenvalue weighted by atomic mass is 16.5. The van der Waals surface area contributed by atoms with Gasteiger partial charge in [-0.2, -0.15) is 4.98 Å². The molecule has 0 spiro atoms. The summed E-state index contributed by atoms with van der Waals surface area (Å²) in [5.74, 6) is 1.55. The molecule has 0 saturated carbocycles. The van der Waals surface area contributed by atoms with E-state index in [1.807, 2.05) is 26.0 Å². The van der Waals surface area contributed by atoms with Crippen molar-refractivity contribution in [2.24, 2.45) is 5.92 Å². The second-order valence-electron chi connectivity index (χ2n) is 3.66. The van der Waals surface area contributed by atoms with Crippen LogP contribution in [0.15, 0.2) is 18.2 Å². The Morgan fingerprint density at radius 1 is 1.47 bits per heavy atom. The van der Waals surface area contributed by atoms with Crippen LogP contribution < -0.4 is 10.1 Å². The monoisotopic (exact) mass is 210 g/mol. The standard InChI is InChI=1S/C11H18N2O2/c1-8(7-14)9(2)12-10-5-4-6-11(13-10)15-3/h4-6,8-9,14H,7H2,1-3H3,(H,12,13). The summed E-state index contributed by atoms with van der Waals surface area (Å²) in [5.41, 5.74) is 0. The van der Waals surface area contributed by atoms with Crippen LogP contribution in [0, 0.1) is 5.92 Å². The summed E-state index contributed by atoms with van der Waals surface area (Å²) >= 11 is 0. The van der Waals surface area contributed by atoms with Crippen molar-refractivity contribution >= 4 is 5.82 Å². The van der Waals surface area contributed by atoms with Crippen molar-refractivity contribution in [3.63, 3.8) is 0 Å². The number of aromatic nitrogens is 1. The number of anilines is 1. The molecule has 1 heterocycles. The highest BCUT2D eigenvalue weighted by molar-refractivity contribution is 5.38. The lowest BCUT2D eigenvalue weighted by atomic mass is 10.1. The van der Waals surface area contributed by atoms with Gasteiger partial charge in [-0.3, -0.25) is 0 Å². The Hall–Kier alpha value is -1.29. The molecular weight excluding hydrogens is 192 g/mol. The summed E-state index contributed by atoms with van der Waals surface area (Å²) in [4.78, 5) is 4.23. The summed E-state index contributed by atoms with van der Waals surface area (Å²) in [6, 6.07) is 5.73. The van der Waals surface area contributed by atoms with Gasteiger partial charge < -0.3 is 15.2 Å². The molecule has 0 aliphatic carbocycles. The molecule has 0 aromatic carbocycles. The van der Waals surface area contributed by atoms with Crippen LogP contribution in [0.25, 0.3) is 0 Å². The number of nitrogens with zero attached hydrogens (tertiary/aromatic N) is 1. The van der Waals surface area contributed by atoms with Gasteiger partial charge in [-0.25, -0.2) is 0 Å². The first-order valence-corrected chi connectivity index (χ1v) is 5.05. The van der Waals surface area contributed by atoms with Gasteiger partial charge in [0.15, 0.2) is 0 Å². The molecule has 0 amide bonds. The molecule has 1 rings (SSSR count). The summed E-state index contributed by atoms with van der Waals surface area (Å²) in [5, 5.41) is 12.2. The lowest BCUT2D eigenvalue weighted by Crippen LogP contribution is -2.26. The number of nitrogens with one attached hydrogen (secondary N) is 1. The number of pyridine rings is 1. The lowest BCUT2D eigenvalue weighted by Gasteiger charge is -2.19. The molecule has 0 saturated heterocycles. The van der Waals surface area contributed by atoms with Crippen LogP contribution >= 0.6 is 0 Å². The largest absolute Gasteiger partial charge is 0.481 e. The van der Waals surface area contributed by atoms with E-state index in [1.165, 1.54) is 0 Å². The Morgan fingerprint density at radius 3 is 2.80 bits per heavy atom. The minimum atomic E-state index is 0.165. The van der Waals surface area contributed by atoms with E-state index in [1.54, 1.807) is 13.2 Å². The minimum absolute atomic E-state index is 0.165. The fourth-order valence-corrected chi connectivity index (χ4v) is 1.14. The molecule has 4 heteroatoms. The number of rotatable bonds is 5. The van der Waals surface area contributed by atoms with Gasteiger partial charge in [0.25, 0.3) is 0 Å². The maximum atomic E-state index is 9.00. The molecule has 2 atom stereocenters. The maximum absolute atomic E-state index is 9.00. The van der Waals surface area contributed by atoms with Crippen LogP contribution in [0.4, 0.5) is 5.82 Å². The minimum Gasteiger partial charge on any atom is -0.481 e. The first kappa shape index (κ1) is 11.8. The van der Waals surface area contributed by atoms with Gasteiger partial charge in [0, 0.05) is 18.7 Å². The topological polar surface area (TPSA) is 54.4 Å². The molecule has 4 nitrogen and oxygen atoms in total. The van der Waals surface area contributed by atoms with Crippen LogP contribution in [0.2, 0.25) is 0 Å². The highest BCUT2D eigenvalue weighted by Crippen LogP contribution is 2.13. The fourth-order valence-electron chi connectivity index (χ4n) is 1.14. The van der Waals surface area contributed by atoms with Crippen molar-refractivity contribution in [1.29, 1.82) is 0 Å². The Kier molecular flexibility index (Phi) is 4.37. The Morgan fingerprint density at radius 2 is 2.20 bits per heavy atom. The first-order valence-electron chi connectivity index (χ1n) is 5.05. The quantitative estimate of drug-likeness (QED) is 0.773. The first-order chi connectivity index (χ1) is 7.17. The molecule has 15 heavy (non-hydrogen) atoms. The lowest BCUT2D eigenvalue weighted by molar-refractivity contribution is 0.226. The van der Waals surface area contributed by atoms with Crippen molar-refractivity contribution in [1.82, 2.24) is 4.98 Å². The van der Waals surface area contributed by atoms with Crippen LogP contribution in [-0.4, -0.2) is 29.8 Å². The molecule has 84 valence electrons. The number of methoxy groups -OCH3 is 1. The van der Waals surface area contributed by atoms with Crippen molar-refractivity contribution in [3.8, 4) is 5.88 Å². The van der Waals surface area contributed by atoms with Gasteiger partial charge >= 0.3 is 0 Å². The SMILES string of the molecule is COc1cccc(NC(C)C(C)CO)n1. The molecule has 2 N–H and O–H groups in total. The van der Waals surface area contributed by atoms with E-state index in [4.69, 9.17) is 9.84 Å². The molecule has 0 fully saturated rings. The summed E-state index contributed by atoms with van der Waals surface area (Å²) in [6.45, 7) is 4.16. The van der Waals surface area contributed by atoms with E-state index < -0.39 is 0 Å². The average Bonchev–Trinajstić information content (AvgIpc) is 2.28. The average molecular weight is 210 g/mol. The number of hydrogen-bond acceptors (Lipinski definition) is 4. The molecule has 0 aliphatic heterocycles. The predicted octanol–water partition coefficient (Wildman–Crippen LogP) is 1.52. The van der Waals surface area contributed by atoms with Gasteiger partial charge in [-0.15, -0.1) is 0 Å². The molecule has 0 radical (unpaired) electrons. The normalized spacial score (nSPS) is 14.4. The Balaban J connectivity index is 2.63. The fraction of sp³-hybridized carbons (Fsp3) is 0.545. The molecule has 1 aromatic heterocycles.